The van der Waals surface area contributed by atoms with Gasteiger partial charge < -0.3 is 14.8 Å². The number of nitrogens with zero attached hydrogens (tertiary/aromatic N) is 2. The summed E-state index contributed by atoms with van der Waals surface area (Å²) in [5.74, 6) is -0.170. The lowest BCUT2D eigenvalue weighted by Crippen LogP contribution is -2.29. The number of alkyl halides is 3. The first-order valence-electron chi connectivity index (χ1n) is 7.44. The van der Waals surface area contributed by atoms with E-state index >= 15 is 0 Å². The maximum absolute atomic E-state index is 12.3. The quantitative estimate of drug-likeness (QED) is 0.725. The Morgan fingerprint density at radius 1 is 1.11 bits per heavy atom. The van der Waals surface area contributed by atoms with Crippen molar-refractivity contribution in [2.75, 3.05) is 5.32 Å². The first kappa shape index (κ1) is 18.8. The Labute approximate surface area is 160 Å². The summed E-state index contributed by atoms with van der Waals surface area (Å²) in [7, 11) is 0. The molecule has 0 saturated carbocycles. The summed E-state index contributed by atoms with van der Waals surface area (Å²) < 4.78 is 46.4. The molecule has 0 unspecified atom stereocenters. The highest BCUT2D eigenvalue weighted by Crippen LogP contribution is 2.24. The van der Waals surface area contributed by atoms with Crippen LogP contribution in [0.25, 0.3) is 0 Å². The second kappa shape index (κ2) is 7.70. The maximum atomic E-state index is 12.3. The monoisotopic (exact) mass is 441 g/mol. The average Bonchev–Trinajstić information content (AvgIpc) is 2.63. The Balaban J connectivity index is 1.67. The summed E-state index contributed by atoms with van der Waals surface area (Å²) in [6.07, 6.45) is -2.18. The molecule has 27 heavy (non-hydrogen) atoms. The maximum Gasteiger partial charge on any atom is 0.573 e. The molecule has 1 aliphatic heterocycles. The van der Waals surface area contributed by atoms with E-state index in [4.69, 9.17) is 4.74 Å². The van der Waals surface area contributed by atoms with Crippen molar-refractivity contribution < 1.29 is 27.4 Å². The summed E-state index contributed by atoms with van der Waals surface area (Å²) >= 11 is 3.32. The fourth-order valence-corrected chi connectivity index (χ4v) is 2.32. The Kier molecular flexibility index (Phi) is 5.36. The van der Waals surface area contributed by atoms with Gasteiger partial charge >= 0.3 is 12.4 Å². The van der Waals surface area contributed by atoms with Gasteiger partial charge in [0, 0.05) is 15.7 Å². The molecule has 0 aliphatic carbocycles. The Morgan fingerprint density at radius 3 is 2.41 bits per heavy atom. The van der Waals surface area contributed by atoms with E-state index in [0.29, 0.717) is 5.56 Å². The van der Waals surface area contributed by atoms with E-state index < -0.39 is 12.4 Å². The lowest BCUT2D eigenvalue weighted by atomic mass is 10.2. The van der Waals surface area contributed by atoms with Gasteiger partial charge in [0.1, 0.15) is 12.0 Å². The molecule has 0 fully saturated rings. The predicted octanol–water partition coefficient (Wildman–Crippen LogP) is 5.04. The first-order valence-corrected chi connectivity index (χ1v) is 8.23. The van der Waals surface area contributed by atoms with Crippen LogP contribution in [0.4, 0.5) is 23.7 Å². The van der Waals surface area contributed by atoms with Gasteiger partial charge in [0.2, 0.25) is 5.90 Å². The zero-order valence-corrected chi connectivity index (χ0v) is 15.0. The molecule has 2 aromatic carbocycles. The third-order valence-electron chi connectivity index (χ3n) is 3.22. The lowest BCUT2D eigenvalue weighted by Gasteiger charge is -2.19. The smallest absolute Gasteiger partial charge is 0.443 e. The van der Waals surface area contributed by atoms with E-state index in [1.54, 1.807) is 24.3 Å². The lowest BCUT2D eigenvalue weighted by molar-refractivity contribution is -0.274. The number of ether oxygens (including phenoxy) is 2. The summed E-state index contributed by atoms with van der Waals surface area (Å²) in [5, 5.41) is 7.61. The zero-order chi connectivity index (χ0) is 19.4. The third-order valence-corrected chi connectivity index (χ3v) is 3.75. The number of hydrogen-bond donors (Lipinski definition) is 1. The van der Waals surface area contributed by atoms with Crippen molar-refractivity contribution in [2.45, 2.75) is 6.36 Å². The number of rotatable bonds is 3. The number of hydrazone groups is 1. The number of halogens is 4. The normalized spacial score (nSPS) is 13.6. The fourth-order valence-electron chi connectivity index (χ4n) is 2.06. The molecular formula is C17H11BrF3N3O3. The van der Waals surface area contributed by atoms with Crippen LogP contribution in [0, 0.1) is 0 Å². The van der Waals surface area contributed by atoms with Gasteiger partial charge in [-0.1, -0.05) is 15.9 Å². The van der Waals surface area contributed by atoms with Gasteiger partial charge in [0.05, 0.1) is 6.20 Å². The molecule has 2 aromatic rings. The van der Waals surface area contributed by atoms with Crippen LogP contribution in [0.1, 0.15) is 5.56 Å². The number of anilines is 1. The summed E-state index contributed by atoms with van der Waals surface area (Å²) in [6.45, 7) is 0. The first-order chi connectivity index (χ1) is 12.8. The standard InChI is InChI=1S/C17H11BrF3N3O3/c18-12-3-1-11(2-4-12)15-23-24(9-10-26-15)16(25)22-13-5-7-14(8-6-13)27-17(19,20)21/h1-10H,(H,22,25). The van der Waals surface area contributed by atoms with Gasteiger partial charge in [-0.3, -0.25) is 0 Å². The molecular weight excluding hydrogens is 431 g/mol. The summed E-state index contributed by atoms with van der Waals surface area (Å²) in [4.78, 5) is 12.3. The number of benzene rings is 2. The number of amides is 2. The van der Waals surface area contributed by atoms with Gasteiger partial charge in [-0.25, -0.2) is 4.79 Å². The molecule has 1 N–H and O–H groups in total. The van der Waals surface area contributed by atoms with Crippen LogP contribution in [-0.4, -0.2) is 23.3 Å². The third kappa shape index (κ3) is 5.23. The minimum Gasteiger partial charge on any atom is -0.443 e. The number of carbonyl (C=O) groups excluding carboxylic acids is 1. The summed E-state index contributed by atoms with van der Waals surface area (Å²) in [5.41, 5.74) is 0.934. The van der Waals surface area contributed by atoms with Crippen molar-refractivity contribution in [1.82, 2.24) is 5.01 Å². The highest BCUT2D eigenvalue weighted by molar-refractivity contribution is 9.10. The van der Waals surface area contributed by atoms with E-state index in [0.717, 1.165) is 21.6 Å². The van der Waals surface area contributed by atoms with Gasteiger partial charge in [0.25, 0.3) is 0 Å². The molecule has 10 heteroatoms. The molecule has 0 atom stereocenters. The van der Waals surface area contributed by atoms with E-state index in [1.165, 1.54) is 24.6 Å². The molecule has 6 nitrogen and oxygen atoms in total. The van der Waals surface area contributed by atoms with E-state index in [-0.39, 0.29) is 17.3 Å². The predicted molar refractivity (Wildman–Crippen MR) is 94.9 cm³/mol. The van der Waals surface area contributed by atoms with Crippen LogP contribution in [0.3, 0.4) is 0 Å². The van der Waals surface area contributed by atoms with E-state index in [9.17, 15) is 18.0 Å². The molecule has 2 amide bonds. The highest BCUT2D eigenvalue weighted by atomic mass is 79.9. The fraction of sp³-hybridized carbons (Fsp3) is 0.0588. The van der Waals surface area contributed by atoms with Crippen LogP contribution in [0.2, 0.25) is 0 Å². The second-order valence-electron chi connectivity index (χ2n) is 5.16. The molecule has 140 valence electrons. The SMILES string of the molecule is O=C(Nc1ccc(OC(F)(F)F)cc1)N1C=COC(c2ccc(Br)cc2)=N1. The van der Waals surface area contributed by atoms with Crippen LogP contribution < -0.4 is 10.1 Å². The van der Waals surface area contributed by atoms with Crippen LogP contribution in [0.15, 0.2) is 70.6 Å². The Hall–Kier alpha value is -3.01. The Bertz CT molecular complexity index is 881. The van der Waals surface area contributed by atoms with E-state index in [2.05, 4.69) is 31.1 Å². The average molecular weight is 442 g/mol. The van der Waals surface area contributed by atoms with Gasteiger partial charge in [-0.15, -0.1) is 18.3 Å². The topological polar surface area (TPSA) is 63.2 Å². The van der Waals surface area contributed by atoms with Crippen molar-refractivity contribution in [2.24, 2.45) is 5.10 Å². The van der Waals surface area contributed by atoms with Gasteiger partial charge in [-0.2, -0.15) is 5.01 Å². The number of carbonyl (C=O) groups is 1. The van der Waals surface area contributed by atoms with Crippen molar-refractivity contribution in [3.8, 4) is 5.75 Å². The summed E-state index contributed by atoms with van der Waals surface area (Å²) in [6, 6.07) is 11.3. The van der Waals surface area contributed by atoms with Crippen molar-refractivity contribution in [3.05, 3.63) is 71.0 Å². The molecule has 1 aliphatic rings. The van der Waals surface area contributed by atoms with Crippen LogP contribution in [0.5, 0.6) is 5.75 Å². The Morgan fingerprint density at radius 2 is 1.78 bits per heavy atom. The number of urea groups is 1. The molecule has 0 spiro atoms. The molecule has 0 aromatic heterocycles. The molecule has 0 bridgehead atoms. The highest BCUT2D eigenvalue weighted by Gasteiger charge is 2.31. The van der Waals surface area contributed by atoms with Crippen molar-refractivity contribution in [3.63, 3.8) is 0 Å². The molecule has 0 saturated heterocycles. The molecule has 3 rings (SSSR count). The largest absolute Gasteiger partial charge is 0.573 e. The van der Waals surface area contributed by atoms with E-state index in [1.807, 2.05) is 0 Å². The van der Waals surface area contributed by atoms with Crippen molar-refractivity contribution >= 4 is 33.5 Å². The molecule has 1 heterocycles. The number of nitrogens with one attached hydrogen (secondary N) is 1. The van der Waals surface area contributed by atoms with Crippen LogP contribution in [-0.2, 0) is 4.74 Å². The van der Waals surface area contributed by atoms with Gasteiger partial charge in [-0.05, 0) is 48.5 Å². The van der Waals surface area contributed by atoms with Crippen LogP contribution >= 0.6 is 15.9 Å². The minimum atomic E-state index is -4.78. The van der Waals surface area contributed by atoms with Gasteiger partial charge in [0.15, 0.2) is 0 Å². The van der Waals surface area contributed by atoms with Crippen molar-refractivity contribution in [1.29, 1.82) is 0 Å². The zero-order valence-electron chi connectivity index (χ0n) is 13.4. The molecule has 0 radical (unpaired) electrons. The second-order valence-corrected chi connectivity index (χ2v) is 6.08. The minimum absolute atomic E-state index is 0.217. The number of hydrogen-bond acceptors (Lipinski definition) is 4.